The van der Waals surface area contributed by atoms with Gasteiger partial charge in [-0.15, -0.1) is 0 Å². The summed E-state index contributed by atoms with van der Waals surface area (Å²) >= 11 is 0. The maximum Gasteiger partial charge on any atom is 0.410 e. The molecule has 272 valence electrons. The van der Waals surface area contributed by atoms with Crippen molar-refractivity contribution in [2.24, 2.45) is 0 Å². The number of nitrogens with one attached hydrogen (secondary N) is 1. The second kappa shape index (κ2) is 18.6. The lowest BCUT2D eigenvalue weighted by molar-refractivity contribution is -0.0141. The van der Waals surface area contributed by atoms with Crippen LogP contribution in [0.4, 0.5) is 4.79 Å². The Bertz CT molecular complexity index is 1690. The molecular weight excluding hydrogens is 644 g/mol. The summed E-state index contributed by atoms with van der Waals surface area (Å²) < 4.78 is 17.2. The summed E-state index contributed by atoms with van der Waals surface area (Å²) in [5.41, 5.74) is 6.16. The van der Waals surface area contributed by atoms with Gasteiger partial charge in [-0.25, -0.2) is 4.79 Å². The molecule has 2 atom stereocenters. The van der Waals surface area contributed by atoms with Crippen LogP contribution in [-0.2, 0) is 17.6 Å². The number of nitrogens with zero attached hydrogens (tertiary/aromatic N) is 3. The van der Waals surface area contributed by atoms with E-state index in [1.807, 2.05) is 63.5 Å². The van der Waals surface area contributed by atoms with Crippen molar-refractivity contribution < 1.29 is 29.2 Å². The third kappa shape index (κ3) is 11.8. The average Bonchev–Trinajstić information content (AvgIpc) is 3.09. The molecule has 51 heavy (non-hydrogen) atoms. The lowest BCUT2D eigenvalue weighted by Crippen LogP contribution is -2.55. The minimum Gasteiger partial charge on any atom is -0.490 e. The highest BCUT2D eigenvalue weighted by atomic mass is 16.6. The Morgan fingerprint density at radius 1 is 0.784 bits per heavy atom. The Balaban J connectivity index is 0.000000205. The summed E-state index contributed by atoms with van der Waals surface area (Å²) in [6, 6.07) is 21.1. The van der Waals surface area contributed by atoms with E-state index in [4.69, 9.17) is 24.4 Å². The number of pyridine rings is 2. The first kappa shape index (κ1) is 37.7. The summed E-state index contributed by atoms with van der Waals surface area (Å²) in [6.45, 7) is 8.92. The molecule has 1 amide bonds. The van der Waals surface area contributed by atoms with Crippen molar-refractivity contribution in [3.63, 3.8) is 0 Å². The zero-order chi connectivity index (χ0) is 36.1. The number of aryl methyl sites for hydroxylation is 2. The molecule has 3 N–H and O–H groups in total. The third-order valence-electron chi connectivity index (χ3n) is 8.79. The minimum absolute atomic E-state index is 0.0234. The summed E-state index contributed by atoms with van der Waals surface area (Å²) in [5, 5.41) is 21.3. The van der Waals surface area contributed by atoms with Gasteiger partial charge in [0, 0.05) is 49.3 Å². The molecule has 6 rings (SSSR count). The zero-order valence-corrected chi connectivity index (χ0v) is 30.1. The van der Waals surface area contributed by atoms with Crippen LogP contribution < -0.4 is 14.8 Å². The molecule has 0 radical (unpaired) electrons. The quantitative estimate of drug-likeness (QED) is 0.136. The molecule has 2 fully saturated rings. The fourth-order valence-corrected chi connectivity index (χ4v) is 5.75. The van der Waals surface area contributed by atoms with Gasteiger partial charge in [0.2, 0.25) is 0 Å². The van der Waals surface area contributed by atoms with Crippen molar-refractivity contribution in [2.45, 2.75) is 77.0 Å². The molecule has 0 saturated carbocycles. The van der Waals surface area contributed by atoms with Gasteiger partial charge in [0.15, 0.2) is 0 Å². The number of aliphatic hydroxyl groups excluding tert-OH is 2. The van der Waals surface area contributed by atoms with Gasteiger partial charge < -0.3 is 34.6 Å². The fraction of sp³-hybridized carbons (Fsp3) is 0.439. The van der Waals surface area contributed by atoms with E-state index in [0.717, 1.165) is 66.7 Å². The van der Waals surface area contributed by atoms with Crippen LogP contribution in [0.3, 0.4) is 0 Å². The summed E-state index contributed by atoms with van der Waals surface area (Å²) in [5.74, 6) is 1.49. The molecule has 2 aromatic heterocycles. The minimum atomic E-state index is -0.498. The Labute approximate surface area is 301 Å². The predicted octanol–water partition coefficient (Wildman–Crippen LogP) is 6.48. The molecule has 0 spiro atoms. The van der Waals surface area contributed by atoms with E-state index in [0.29, 0.717) is 31.5 Å². The van der Waals surface area contributed by atoms with Gasteiger partial charge in [-0.3, -0.25) is 9.97 Å². The average molecular weight is 697 g/mol. The molecule has 2 aliphatic heterocycles. The highest BCUT2D eigenvalue weighted by molar-refractivity contribution is 5.69. The number of hydrogen-bond donors (Lipinski definition) is 3. The van der Waals surface area contributed by atoms with E-state index < -0.39 is 5.60 Å². The van der Waals surface area contributed by atoms with E-state index in [2.05, 4.69) is 45.6 Å². The molecular formula is C41H52N4O6. The standard InChI is InChI=1S/C23H30N2O4.C18H22N2O2/c1-23(2,3)29-22(27)25-10-9-20(25)16-28-21-13-19(14-24-15-21)18-8-4-6-17(12-18)7-5-11-26;21-8-2-4-14-3-1-5-15(9-14)16-10-18(12-19-11-16)22-13-17-6-7-20-17/h4,6,8,12-15,20,26H,5,7,9-11,16H2,1-3H3;1,3,5,9-12,17,20-21H,2,4,6-8,13H2/t20-;17-/m11/s1. The Kier molecular flexibility index (Phi) is 13.8. The van der Waals surface area contributed by atoms with Crippen LogP contribution in [0, 0.1) is 0 Å². The number of ether oxygens (including phenoxy) is 3. The van der Waals surface area contributed by atoms with Crippen molar-refractivity contribution in [2.75, 3.05) is 39.5 Å². The molecule has 10 heteroatoms. The first-order valence-electron chi connectivity index (χ1n) is 18.0. The Hall–Kier alpha value is -4.51. The normalized spacial score (nSPS) is 16.6. The number of likely N-dealkylation sites (tertiary alicyclic amines) is 1. The summed E-state index contributed by atoms with van der Waals surface area (Å²) in [4.78, 5) is 22.5. The van der Waals surface area contributed by atoms with Crippen LogP contribution in [0.2, 0.25) is 0 Å². The number of hydrogen-bond acceptors (Lipinski definition) is 9. The summed E-state index contributed by atoms with van der Waals surface area (Å²) in [6.07, 6.45) is 12.2. The van der Waals surface area contributed by atoms with E-state index in [-0.39, 0.29) is 25.3 Å². The van der Waals surface area contributed by atoms with Crippen LogP contribution >= 0.6 is 0 Å². The van der Waals surface area contributed by atoms with Crippen LogP contribution in [-0.4, -0.2) is 88.4 Å². The number of carbonyl (C=O) groups excluding carboxylic acids is 1. The lowest BCUT2D eigenvalue weighted by atomic mass is 10.0. The van der Waals surface area contributed by atoms with Crippen LogP contribution in [0.5, 0.6) is 11.5 Å². The number of carbonyl (C=O) groups is 1. The number of amides is 1. The smallest absolute Gasteiger partial charge is 0.410 e. The van der Waals surface area contributed by atoms with Crippen molar-refractivity contribution in [3.8, 4) is 33.8 Å². The lowest BCUT2D eigenvalue weighted by Gasteiger charge is -2.40. The molecule has 4 aromatic rings. The van der Waals surface area contributed by atoms with Gasteiger partial charge in [0.05, 0.1) is 18.4 Å². The topological polar surface area (TPSA) is 126 Å². The second-order valence-electron chi connectivity index (χ2n) is 14.1. The molecule has 0 unspecified atom stereocenters. The molecule has 10 nitrogen and oxygen atoms in total. The van der Waals surface area contributed by atoms with Crippen LogP contribution in [0.25, 0.3) is 22.3 Å². The SMILES string of the molecule is CC(C)(C)OC(=O)N1CC[C@@H]1COc1cncc(-c2cccc(CCCO)c2)c1.OCCCc1cccc(-c2cncc(OC[C@H]3CCN3)c2)c1. The number of benzene rings is 2. The first-order chi connectivity index (χ1) is 24.7. The Morgan fingerprint density at radius 2 is 1.33 bits per heavy atom. The van der Waals surface area contributed by atoms with Gasteiger partial charge in [-0.1, -0.05) is 48.5 Å². The zero-order valence-electron chi connectivity index (χ0n) is 30.1. The van der Waals surface area contributed by atoms with E-state index >= 15 is 0 Å². The predicted molar refractivity (Wildman–Crippen MR) is 199 cm³/mol. The monoisotopic (exact) mass is 696 g/mol. The maximum atomic E-state index is 12.2. The molecule has 0 bridgehead atoms. The Morgan fingerprint density at radius 3 is 1.78 bits per heavy atom. The second-order valence-corrected chi connectivity index (χ2v) is 14.1. The van der Waals surface area contributed by atoms with Crippen molar-refractivity contribution in [3.05, 3.63) is 96.6 Å². The van der Waals surface area contributed by atoms with Crippen molar-refractivity contribution in [1.29, 1.82) is 0 Å². The van der Waals surface area contributed by atoms with Crippen molar-refractivity contribution in [1.82, 2.24) is 20.2 Å². The van der Waals surface area contributed by atoms with Crippen LogP contribution in [0.15, 0.2) is 85.5 Å². The maximum absolute atomic E-state index is 12.2. The molecule has 2 aromatic carbocycles. The van der Waals surface area contributed by atoms with E-state index in [1.54, 1.807) is 17.3 Å². The molecule has 0 aliphatic carbocycles. The fourth-order valence-electron chi connectivity index (χ4n) is 5.75. The highest BCUT2D eigenvalue weighted by Gasteiger charge is 2.35. The van der Waals surface area contributed by atoms with Gasteiger partial charge in [0.25, 0.3) is 0 Å². The van der Waals surface area contributed by atoms with Gasteiger partial charge in [0.1, 0.15) is 30.3 Å². The number of aromatic nitrogens is 2. The molecule has 2 aliphatic rings. The highest BCUT2D eigenvalue weighted by Crippen LogP contribution is 2.27. The van der Waals surface area contributed by atoms with Crippen LogP contribution in [0.1, 0.15) is 57.6 Å². The number of aliphatic hydroxyl groups is 2. The molecule has 4 heterocycles. The third-order valence-corrected chi connectivity index (χ3v) is 8.79. The van der Waals surface area contributed by atoms with Gasteiger partial charge >= 0.3 is 6.09 Å². The summed E-state index contributed by atoms with van der Waals surface area (Å²) in [7, 11) is 0. The largest absolute Gasteiger partial charge is 0.490 e. The number of rotatable bonds is 14. The molecule has 2 saturated heterocycles. The van der Waals surface area contributed by atoms with Crippen molar-refractivity contribution >= 4 is 6.09 Å². The van der Waals surface area contributed by atoms with Gasteiger partial charge in [-0.05, 0) is 100 Å². The van der Waals surface area contributed by atoms with E-state index in [9.17, 15) is 4.79 Å². The van der Waals surface area contributed by atoms with Gasteiger partial charge in [-0.2, -0.15) is 0 Å². The first-order valence-corrected chi connectivity index (χ1v) is 18.0. The van der Waals surface area contributed by atoms with E-state index in [1.165, 1.54) is 17.5 Å².